The summed E-state index contributed by atoms with van der Waals surface area (Å²) in [6, 6.07) is 0. The number of esters is 3. The van der Waals surface area contributed by atoms with Gasteiger partial charge in [0.2, 0.25) is 0 Å². The van der Waals surface area contributed by atoms with Crippen LogP contribution in [0.15, 0.2) is 36.0 Å². The first-order chi connectivity index (χ1) is 14.4. The SMILES string of the molecule is C=C1C(=O)O[C@H]2[C@H]1[C@@H](OC(=O)/C(C)=C/C)[C@@H](OC(C)=O)[C@@](C)(O)[C@@H]1C=C[C@@](C)(OO)[C@H]21. The first kappa shape index (κ1) is 23.2. The van der Waals surface area contributed by atoms with E-state index in [0.29, 0.717) is 5.57 Å². The van der Waals surface area contributed by atoms with Gasteiger partial charge in [-0.05, 0) is 27.7 Å². The molecule has 0 spiro atoms. The predicted molar refractivity (Wildman–Crippen MR) is 106 cm³/mol. The second kappa shape index (κ2) is 7.89. The molecule has 0 radical (unpaired) electrons. The third kappa shape index (κ3) is 3.60. The van der Waals surface area contributed by atoms with E-state index in [1.165, 1.54) is 13.8 Å². The third-order valence-corrected chi connectivity index (χ3v) is 6.69. The van der Waals surface area contributed by atoms with Gasteiger partial charge in [0.1, 0.15) is 17.3 Å². The summed E-state index contributed by atoms with van der Waals surface area (Å²) in [7, 11) is 0. The van der Waals surface area contributed by atoms with E-state index >= 15 is 0 Å². The van der Waals surface area contributed by atoms with Gasteiger partial charge in [-0.2, -0.15) is 0 Å². The van der Waals surface area contributed by atoms with Crippen molar-refractivity contribution in [3.05, 3.63) is 36.0 Å². The molecule has 0 bridgehead atoms. The van der Waals surface area contributed by atoms with Crippen LogP contribution in [-0.4, -0.2) is 57.8 Å². The van der Waals surface area contributed by atoms with Crippen LogP contribution in [0, 0.1) is 17.8 Å². The molecule has 0 aromatic rings. The first-order valence-electron chi connectivity index (χ1n) is 10.0. The number of ether oxygens (including phenoxy) is 3. The largest absolute Gasteiger partial charge is 0.458 e. The fourth-order valence-electron chi connectivity index (χ4n) is 4.90. The fourth-order valence-corrected chi connectivity index (χ4v) is 4.90. The van der Waals surface area contributed by atoms with Crippen LogP contribution >= 0.6 is 0 Å². The Morgan fingerprint density at radius 2 is 1.90 bits per heavy atom. The maximum atomic E-state index is 12.7. The monoisotopic (exact) mass is 436 g/mol. The molecule has 2 N–H and O–H groups in total. The van der Waals surface area contributed by atoms with Crippen LogP contribution in [0.1, 0.15) is 34.6 Å². The van der Waals surface area contributed by atoms with Gasteiger partial charge in [-0.15, -0.1) is 0 Å². The second-order valence-corrected chi connectivity index (χ2v) is 8.70. The van der Waals surface area contributed by atoms with Crippen molar-refractivity contribution in [2.24, 2.45) is 17.8 Å². The third-order valence-electron chi connectivity index (χ3n) is 6.69. The summed E-state index contributed by atoms with van der Waals surface area (Å²) in [5, 5.41) is 21.2. The molecule has 9 heteroatoms. The molecule has 9 nitrogen and oxygen atoms in total. The maximum Gasteiger partial charge on any atom is 0.334 e. The number of allylic oxidation sites excluding steroid dienone is 1. The summed E-state index contributed by atoms with van der Waals surface area (Å²) in [5.41, 5.74) is -2.78. The Kier molecular flexibility index (Phi) is 5.90. The maximum absolute atomic E-state index is 12.7. The number of hydrogen-bond donors (Lipinski definition) is 2. The summed E-state index contributed by atoms with van der Waals surface area (Å²) in [5.74, 6) is -4.59. The molecule has 1 saturated carbocycles. The van der Waals surface area contributed by atoms with E-state index in [2.05, 4.69) is 6.58 Å². The van der Waals surface area contributed by atoms with Gasteiger partial charge >= 0.3 is 17.9 Å². The van der Waals surface area contributed by atoms with E-state index < -0.39 is 65.2 Å². The molecular weight excluding hydrogens is 408 g/mol. The lowest BCUT2D eigenvalue weighted by molar-refractivity contribution is -0.324. The zero-order valence-corrected chi connectivity index (χ0v) is 18.2. The van der Waals surface area contributed by atoms with Crippen molar-refractivity contribution in [2.45, 2.75) is 64.1 Å². The van der Waals surface area contributed by atoms with Gasteiger partial charge in [0.25, 0.3) is 0 Å². The quantitative estimate of drug-likeness (QED) is 0.169. The number of rotatable bonds is 4. The van der Waals surface area contributed by atoms with Gasteiger partial charge in [-0.25, -0.2) is 14.5 Å². The predicted octanol–water partition coefficient (Wildman–Crippen LogP) is 1.71. The highest BCUT2D eigenvalue weighted by molar-refractivity contribution is 5.92. The van der Waals surface area contributed by atoms with Crippen molar-refractivity contribution in [3.63, 3.8) is 0 Å². The number of fused-ring (bicyclic) bond motifs is 3. The van der Waals surface area contributed by atoms with Crippen LogP contribution in [0.2, 0.25) is 0 Å². The molecule has 170 valence electrons. The average Bonchev–Trinajstić information content (AvgIpc) is 3.18. The number of carbonyl (C=O) groups is 3. The van der Waals surface area contributed by atoms with Crippen molar-refractivity contribution in [1.82, 2.24) is 0 Å². The molecule has 0 amide bonds. The lowest BCUT2D eigenvalue weighted by Crippen LogP contribution is -2.56. The van der Waals surface area contributed by atoms with Crippen LogP contribution in [-0.2, 0) is 33.5 Å². The number of aliphatic hydroxyl groups is 1. The molecule has 1 heterocycles. The molecule has 2 fully saturated rings. The Morgan fingerprint density at radius 3 is 2.45 bits per heavy atom. The molecule has 0 aromatic carbocycles. The molecule has 31 heavy (non-hydrogen) atoms. The lowest BCUT2D eigenvalue weighted by Gasteiger charge is -2.41. The van der Waals surface area contributed by atoms with Crippen molar-refractivity contribution >= 4 is 17.9 Å². The summed E-state index contributed by atoms with van der Waals surface area (Å²) in [6.07, 6.45) is 1.14. The molecule has 1 saturated heterocycles. The highest BCUT2D eigenvalue weighted by atomic mass is 17.1. The molecule has 3 aliphatic rings. The lowest BCUT2D eigenvalue weighted by atomic mass is 9.73. The van der Waals surface area contributed by atoms with Crippen molar-refractivity contribution < 1.29 is 43.8 Å². The Labute approximate surface area is 180 Å². The van der Waals surface area contributed by atoms with E-state index in [4.69, 9.17) is 19.1 Å². The molecule has 1 aliphatic heterocycles. The Morgan fingerprint density at radius 1 is 1.26 bits per heavy atom. The van der Waals surface area contributed by atoms with E-state index in [1.807, 2.05) is 0 Å². The molecular formula is C22H28O9. The van der Waals surface area contributed by atoms with Crippen molar-refractivity contribution in [2.75, 3.05) is 0 Å². The zero-order valence-electron chi connectivity index (χ0n) is 18.2. The zero-order chi connectivity index (χ0) is 23.3. The summed E-state index contributed by atoms with van der Waals surface area (Å²) >= 11 is 0. The Hall–Kier alpha value is -2.49. The van der Waals surface area contributed by atoms with Gasteiger partial charge in [0.15, 0.2) is 12.2 Å². The van der Waals surface area contributed by atoms with Crippen LogP contribution in [0.3, 0.4) is 0 Å². The van der Waals surface area contributed by atoms with Crippen LogP contribution in [0.25, 0.3) is 0 Å². The minimum absolute atomic E-state index is 0.0155. The standard InChI is InChI=1S/C22H28O9/c1-7-10(2)19(24)30-17-14-11(3)20(25)29-16(14)15-13(8-9-21(15,5)31-27)22(6,26)18(17)28-12(4)23/h7-9,13-18,26-27H,3H2,1-2,4-6H3/b10-7+/t13-,14+,15+,16+,17-,18-,21-,22+/m1/s1. The van der Waals surface area contributed by atoms with E-state index in [-0.39, 0.29) is 5.57 Å². The van der Waals surface area contributed by atoms with Crippen molar-refractivity contribution in [3.8, 4) is 0 Å². The summed E-state index contributed by atoms with van der Waals surface area (Å²) in [6.45, 7) is 11.2. The first-order valence-corrected chi connectivity index (χ1v) is 10.0. The Balaban J connectivity index is 2.20. The summed E-state index contributed by atoms with van der Waals surface area (Å²) < 4.78 is 16.8. The molecule has 0 unspecified atom stereocenters. The topological polar surface area (TPSA) is 129 Å². The molecule has 8 atom stereocenters. The van der Waals surface area contributed by atoms with Crippen LogP contribution in [0.4, 0.5) is 0 Å². The second-order valence-electron chi connectivity index (χ2n) is 8.70. The van der Waals surface area contributed by atoms with Gasteiger partial charge < -0.3 is 19.3 Å². The molecule has 0 aromatic heterocycles. The van der Waals surface area contributed by atoms with E-state index in [1.54, 1.807) is 39.0 Å². The summed E-state index contributed by atoms with van der Waals surface area (Å²) in [4.78, 5) is 41.8. The van der Waals surface area contributed by atoms with Crippen LogP contribution < -0.4 is 0 Å². The smallest absolute Gasteiger partial charge is 0.334 e. The van der Waals surface area contributed by atoms with Gasteiger partial charge in [-0.3, -0.25) is 10.1 Å². The van der Waals surface area contributed by atoms with Crippen molar-refractivity contribution in [1.29, 1.82) is 0 Å². The van der Waals surface area contributed by atoms with E-state index in [9.17, 15) is 24.7 Å². The minimum atomic E-state index is -1.77. The highest BCUT2D eigenvalue weighted by Crippen LogP contribution is 2.55. The van der Waals surface area contributed by atoms with Gasteiger partial charge in [0.05, 0.1) is 5.92 Å². The van der Waals surface area contributed by atoms with Crippen LogP contribution in [0.5, 0.6) is 0 Å². The fraction of sp³-hybridized carbons (Fsp3) is 0.591. The number of carbonyl (C=O) groups excluding carboxylic acids is 3. The molecule has 2 aliphatic carbocycles. The van der Waals surface area contributed by atoms with Gasteiger partial charge in [0, 0.05) is 29.9 Å². The highest BCUT2D eigenvalue weighted by Gasteiger charge is 2.67. The van der Waals surface area contributed by atoms with E-state index in [0.717, 1.165) is 0 Å². The molecule has 3 rings (SSSR count). The average molecular weight is 436 g/mol. The normalized spacial score (nSPS) is 41.8. The minimum Gasteiger partial charge on any atom is -0.458 e. The number of hydrogen-bond acceptors (Lipinski definition) is 9. The van der Waals surface area contributed by atoms with Gasteiger partial charge in [-0.1, -0.05) is 24.8 Å². The Bertz CT molecular complexity index is 870.